The molecule has 0 aliphatic carbocycles. The van der Waals surface area contributed by atoms with Gasteiger partial charge < -0.3 is 9.84 Å². The third-order valence-corrected chi connectivity index (χ3v) is 9.30. The minimum Gasteiger partial charge on any atom is -0.466 e. The fourth-order valence-electron chi connectivity index (χ4n) is 6.29. The molecule has 0 aliphatic heterocycles. The summed E-state index contributed by atoms with van der Waals surface area (Å²) in [5.41, 5.74) is 0. The van der Waals surface area contributed by atoms with E-state index in [1.807, 2.05) is 0 Å². The number of aliphatic hydroxyl groups excluding tert-OH is 1. The number of hydrogen-bond acceptors (Lipinski definition) is 3. The molecule has 0 spiro atoms. The lowest BCUT2D eigenvalue weighted by molar-refractivity contribution is -0.143. The molecule has 0 saturated heterocycles. The molecule has 0 aromatic carbocycles. The summed E-state index contributed by atoms with van der Waals surface area (Å²) in [7, 11) is 0. The number of carbonyl (C=O) groups excluding carboxylic acids is 1. The van der Waals surface area contributed by atoms with Crippen LogP contribution in [0.3, 0.4) is 0 Å². The molecule has 43 heavy (non-hydrogen) atoms. The van der Waals surface area contributed by atoms with Gasteiger partial charge in [-0.05, 0) is 19.3 Å². The second-order valence-electron chi connectivity index (χ2n) is 13.7. The van der Waals surface area contributed by atoms with Crippen molar-refractivity contribution in [1.29, 1.82) is 0 Å². The zero-order chi connectivity index (χ0) is 31.2. The highest BCUT2D eigenvalue weighted by Crippen LogP contribution is 2.16. The van der Waals surface area contributed by atoms with Gasteiger partial charge in [-0.3, -0.25) is 4.79 Å². The summed E-state index contributed by atoms with van der Waals surface area (Å²) in [5.74, 6) is 0.0219. The molecule has 0 radical (unpaired) electrons. The van der Waals surface area contributed by atoms with Crippen molar-refractivity contribution in [2.45, 2.75) is 238 Å². The number of rotatable bonds is 38. The maximum atomic E-state index is 12.0. The number of hydrogen-bond donors (Lipinski definition) is 1. The Morgan fingerprint density at radius 3 is 0.930 bits per heavy atom. The van der Waals surface area contributed by atoms with Crippen LogP contribution in [0.25, 0.3) is 0 Å². The summed E-state index contributed by atoms with van der Waals surface area (Å²) in [6.07, 6.45) is 47.7. The van der Waals surface area contributed by atoms with Gasteiger partial charge in [-0.1, -0.05) is 212 Å². The number of esters is 1. The Kier molecular flexibility index (Phi) is 38.9. The van der Waals surface area contributed by atoms with Crippen molar-refractivity contribution in [2.24, 2.45) is 0 Å². The summed E-state index contributed by atoms with van der Waals surface area (Å²) in [4.78, 5) is 12.0. The largest absolute Gasteiger partial charge is 0.466 e. The molecule has 0 amide bonds. The van der Waals surface area contributed by atoms with Crippen molar-refractivity contribution in [3.8, 4) is 0 Å². The summed E-state index contributed by atoms with van der Waals surface area (Å²) in [5, 5.41) is 8.79. The van der Waals surface area contributed by atoms with E-state index in [1.54, 1.807) is 0 Å². The molecular formula is C40H80O3. The van der Waals surface area contributed by atoms with Crippen molar-refractivity contribution < 1.29 is 14.6 Å². The lowest BCUT2D eigenvalue weighted by atomic mass is 10.0. The molecule has 0 aliphatic rings. The van der Waals surface area contributed by atoms with E-state index in [0.717, 1.165) is 19.3 Å². The Morgan fingerprint density at radius 1 is 0.372 bits per heavy atom. The van der Waals surface area contributed by atoms with E-state index in [1.165, 1.54) is 205 Å². The molecule has 0 unspecified atom stereocenters. The molecule has 0 fully saturated rings. The van der Waals surface area contributed by atoms with Crippen molar-refractivity contribution in [3.63, 3.8) is 0 Å². The van der Waals surface area contributed by atoms with E-state index >= 15 is 0 Å². The fraction of sp³-hybridized carbons (Fsp3) is 0.975. The standard InChI is InChI=1S/C40H80O3/c1-2-3-4-5-6-7-8-9-10-11-12-13-16-19-22-25-28-31-34-37-40(42)43-39-36-33-30-27-24-21-18-15-14-17-20-23-26-29-32-35-38-41/h41H,2-39H2,1H3. The predicted molar refractivity (Wildman–Crippen MR) is 190 cm³/mol. The van der Waals surface area contributed by atoms with Crippen LogP contribution in [0.1, 0.15) is 238 Å². The van der Waals surface area contributed by atoms with Crippen LogP contribution in [-0.4, -0.2) is 24.3 Å². The van der Waals surface area contributed by atoms with Gasteiger partial charge in [0.05, 0.1) is 6.61 Å². The molecular weight excluding hydrogens is 528 g/mol. The molecule has 3 heteroatoms. The second-order valence-corrected chi connectivity index (χ2v) is 13.7. The van der Waals surface area contributed by atoms with E-state index < -0.39 is 0 Å². The van der Waals surface area contributed by atoms with Crippen LogP contribution in [0.2, 0.25) is 0 Å². The number of unbranched alkanes of at least 4 members (excludes halogenated alkanes) is 33. The summed E-state index contributed by atoms with van der Waals surface area (Å²) < 4.78 is 5.45. The average molecular weight is 609 g/mol. The van der Waals surface area contributed by atoms with E-state index in [0.29, 0.717) is 19.6 Å². The normalized spacial score (nSPS) is 11.4. The Hall–Kier alpha value is -0.570. The van der Waals surface area contributed by atoms with E-state index in [2.05, 4.69) is 6.92 Å². The monoisotopic (exact) mass is 609 g/mol. The zero-order valence-electron chi connectivity index (χ0n) is 29.6. The Bertz CT molecular complexity index is 506. The Balaban J connectivity index is 3.14. The molecule has 0 bridgehead atoms. The predicted octanol–water partition coefficient (Wildman–Crippen LogP) is 13.6. The highest BCUT2D eigenvalue weighted by molar-refractivity contribution is 5.69. The first-order valence-corrected chi connectivity index (χ1v) is 20.1. The third kappa shape index (κ3) is 39.4. The Labute approximate surface area is 271 Å². The van der Waals surface area contributed by atoms with Crippen molar-refractivity contribution in [2.75, 3.05) is 13.2 Å². The van der Waals surface area contributed by atoms with E-state index in [-0.39, 0.29) is 5.97 Å². The number of carbonyl (C=O) groups is 1. The SMILES string of the molecule is CCCCCCCCCCCCCCCCCCCCCC(=O)OCCCCCCCCCCCCCCCCCCO. The maximum Gasteiger partial charge on any atom is 0.305 e. The van der Waals surface area contributed by atoms with Gasteiger partial charge >= 0.3 is 5.97 Å². The van der Waals surface area contributed by atoms with Gasteiger partial charge in [-0.25, -0.2) is 0 Å². The quantitative estimate of drug-likeness (QED) is 0.0560. The van der Waals surface area contributed by atoms with Crippen LogP contribution in [0.5, 0.6) is 0 Å². The van der Waals surface area contributed by atoms with E-state index in [9.17, 15) is 4.79 Å². The molecule has 0 rings (SSSR count). The molecule has 1 N–H and O–H groups in total. The topological polar surface area (TPSA) is 46.5 Å². The van der Waals surface area contributed by atoms with Gasteiger partial charge in [0.15, 0.2) is 0 Å². The van der Waals surface area contributed by atoms with Crippen molar-refractivity contribution in [1.82, 2.24) is 0 Å². The van der Waals surface area contributed by atoms with E-state index in [4.69, 9.17) is 9.84 Å². The molecule has 258 valence electrons. The average Bonchev–Trinajstić information content (AvgIpc) is 3.01. The molecule has 0 heterocycles. The van der Waals surface area contributed by atoms with Crippen LogP contribution in [0.4, 0.5) is 0 Å². The van der Waals surface area contributed by atoms with Gasteiger partial charge in [0.25, 0.3) is 0 Å². The van der Waals surface area contributed by atoms with Crippen LogP contribution in [0.15, 0.2) is 0 Å². The van der Waals surface area contributed by atoms with Crippen LogP contribution in [0, 0.1) is 0 Å². The second kappa shape index (κ2) is 39.5. The maximum absolute atomic E-state index is 12.0. The summed E-state index contributed by atoms with van der Waals surface area (Å²) in [6, 6.07) is 0. The van der Waals surface area contributed by atoms with Gasteiger partial charge in [-0.2, -0.15) is 0 Å². The first-order valence-electron chi connectivity index (χ1n) is 20.1. The van der Waals surface area contributed by atoms with Crippen molar-refractivity contribution in [3.05, 3.63) is 0 Å². The third-order valence-electron chi connectivity index (χ3n) is 9.30. The number of aliphatic hydroxyl groups is 1. The van der Waals surface area contributed by atoms with Crippen LogP contribution < -0.4 is 0 Å². The van der Waals surface area contributed by atoms with Gasteiger partial charge in [-0.15, -0.1) is 0 Å². The molecule has 3 nitrogen and oxygen atoms in total. The van der Waals surface area contributed by atoms with Crippen LogP contribution in [-0.2, 0) is 9.53 Å². The number of ether oxygens (including phenoxy) is 1. The Morgan fingerprint density at radius 2 is 0.628 bits per heavy atom. The first kappa shape index (κ1) is 42.4. The van der Waals surface area contributed by atoms with Crippen molar-refractivity contribution >= 4 is 5.97 Å². The highest BCUT2D eigenvalue weighted by atomic mass is 16.5. The summed E-state index contributed by atoms with van der Waals surface area (Å²) in [6.45, 7) is 3.28. The molecule has 0 aromatic heterocycles. The minimum absolute atomic E-state index is 0.0219. The zero-order valence-corrected chi connectivity index (χ0v) is 29.6. The van der Waals surface area contributed by atoms with Gasteiger partial charge in [0.1, 0.15) is 0 Å². The fourth-order valence-corrected chi connectivity index (χ4v) is 6.29. The first-order chi connectivity index (χ1) is 21.3. The van der Waals surface area contributed by atoms with Crippen LogP contribution >= 0.6 is 0 Å². The minimum atomic E-state index is 0.0219. The molecule has 0 atom stereocenters. The summed E-state index contributed by atoms with van der Waals surface area (Å²) >= 11 is 0. The lowest BCUT2D eigenvalue weighted by Crippen LogP contribution is -2.05. The van der Waals surface area contributed by atoms with Gasteiger partial charge in [0, 0.05) is 13.0 Å². The van der Waals surface area contributed by atoms with Gasteiger partial charge in [0.2, 0.25) is 0 Å². The highest BCUT2D eigenvalue weighted by Gasteiger charge is 2.03. The smallest absolute Gasteiger partial charge is 0.305 e. The lowest BCUT2D eigenvalue weighted by Gasteiger charge is -2.06. The molecule has 0 saturated carbocycles. The molecule has 0 aromatic rings.